The molecule has 7 nitrogen and oxygen atoms in total. The highest BCUT2D eigenvalue weighted by Gasteiger charge is 2.31. The van der Waals surface area contributed by atoms with Gasteiger partial charge < -0.3 is 10.2 Å². The number of nitrogens with one attached hydrogen (secondary N) is 1. The highest BCUT2D eigenvalue weighted by molar-refractivity contribution is 7.89. The predicted molar refractivity (Wildman–Crippen MR) is 107 cm³/mol. The molecule has 1 heterocycles. The molecule has 0 aromatic heterocycles. The first kappa shape index (κ1) is 20.3. The van der Waals surface area contributed by atoms with Crippen molar-refractivity contribution < 1.29 is 18.0 Å². The van der Waals surface area contributed by atoms with Crippen LogP contribution in [-0.4, -0.2) is 51.2 Å². The standard InChI is InChI=1S/C19H20ClN3O4S/c1-22(2)28(26,27)17-9-3-13(4-10-17)19(25)21-15-11-18(24)23(12-15)16-7-5-14(20)6-8-16/h3-10,15H,11-12H2,1-2H3,(H,21,25)/t15-/m1/s1. The second-order valence-electron chi connectivity index (χ2n) is 6.67. The number of carbonyl (C=O) groups excluding carboxylic acids is 2. The number of anilines is 1. The van der Waals surface area contributed by atoms with E-state index in [1.165, 1.54) is 38.4 Å². The third-order valence-electron chi connectivity index (χ3n) is 4.49. The Hall–Kier alpha value is -2.42. The van der Waals surface area contributed by atoms with Crippen molar-refractivity contribution in [2.24, 2.45) is 0 Å². The van der Waals surface area contributed by atoms with Gasteiger partial charge in [0, 0.05) is 43.3 Å². The summed E-state index contributed by atoms with van der Waals surface area (Å²) in [5, 5.41) is 3.41. The lowest BCUT2D eigenvalue weighted by molar-refractivity contribution is -0.117. The molecule has 1 fully saturated rings. The minimum Gasteiger partial charge on any atom is -0.347 e. The van der Waals surface area contributed by atoms with Gasteiger partial charge >= 0.3 is 0 Å². The number of sulfonamides is 1. The molecule has 1 atom stereocenters. The molecule has 1 aliphatic rings. The summed E-state index contributed by atoms with van der Waals surface area (Å²) < 4.78 is 25.3. The zero-order valence-corrected chi connectivity index (χ0v) is 17.0. The fraction of sp³-hybridized carbons (Fsp3) is 0.263. The largest absolute Gasteiger partial charge is 0.347 e. The Kier molecular flexibility index (Phi) is 5.74. The highest BCUT2D eigenvalue weighted by Crippen LogP contribution is 2.23. The van der Waals surface area contributed by atoms with Gasteiger partial charge in [0.05, 0.1) is 10.9 Å². The van der Waals surface area contributed by atoms with Crippen molar-refractivity contribution in [3.8, 4) is 0 Å². The number of hydrogen-bond donors (Lipinski definition) is 1. The number of amides is 2. The van der Waals surface area contributed by atoms with E-state index in [9.17, 15) is 18.0 Å². The number of halogens is 1. The Labute approximate surface area is 168 Å². The molecule has 2 aromatic rings. The van der Waals surface area contributed by atoms with Crippen LogP contribution < -0.4 is 10.2 Å². The molecule has 1 aliphatic heterocycles. The summed E-state index contributed by atoms with van der Waals surface area (Å²) in [6, 6.07) is 12.3. The van der Waals surface area contributed by atoms with E-state index in [2.05, 4.69) is 5.32 Å². The van der Waals surface area contributed by atoms with Gasteiger partial charge in [-0.2, -0.15) is 0 Å². The molecule has 1 saturated heterocycles. The van der Waals surface area contributed by atoms with Crippen LogP contribution in [0.15, 0.2) is 53.4 Å². The highest BCUT2D eigenvalue weighted by atomic mass is 35.5. The van der Waals surface area contributed by atoms with Gasteiger partial charge in [0.2, 0.25) is 15.9 Å². The molecule has 148 valence electrons. The van der Waals surface area contributed by atoms with Crippen LogP contribution in [0.25, 0.3) is 0 Å². The van der Waals surface area contributed by atoms with E-state index < -0.39 is 10.0 Å². The van der Waals surface area contributed by atoms with E-state index in [0.29, 0.717) is 17.1 Å². The van der Waals surface area contributed by atoms with Gasteiger partial charge in [-0.25, -0.2) is 12.7 Å². The van der Waals surface area contributed by atoms with Crippen LogP contribution in [0.3, 0.4) is 0 Å². The molecule has 28 heavy (non-hydrogen) atoms. The molecular formula is C19H20ClN3O4S. The maximum absolute atomic E-state index is 12.5. The van der Waals surface area contributed by atoms with Crippen molar-refractivity contribution in [1.29, 1.82) is 0 Å². The van der Waals surface area contributed by atoms with Gasteiger partial charge in [-0.05, 0) is 48.5 Å². The van der Waals surface area contributed by atoms with Gasteiger partial charge in [0.15, 0.2) is 0 Å². The van der Waals surface area contributed by atoms with Gasteiger partial charge in [0.1, 0.15) is 0 Å². The first-order valence-corrected chi connectivity index (χ1v) is 10.4. The third-order valence-corrected chi connectivity index (χ3v) is 6.57. The van der Waals surface area contributed by atoms with Crippen LogP contribution in [0, 0.1) is 0 Å². The van der Waals surface area contributed by atoms with Crippen LogP contribution >= 0.6 is 11.6 Å². The maximum Gasteiger partial charge on any atom is 0.251 e. The minimum atomic E-state index is -3.55. The van der Waals surface area contributed by atoms with Gasteiger partial charge in [-0.3, -0.25) is 9.59 Å². The summed E-state index contributed by atoms with van der Waals surface area (Å²) >= 11 is 5.88. The van der Waals surface area contributed by atoms with Crippen molar-refractivity contribution in [3.63, 3.8) is 0 Å². The number of carbonyl (C=O) groups is 2. The molecule has 0 bridgehead atoms. The van der Waals surface area contributed by atoms with Crippen molar-refractivity contribution in [2.45, 2.75) is 17.4 Å². The van der Waals surface area contributed by atoms with E-state index in [4.69, 9.17) is 11.6 Å². The van der Waals surface area contributed by atoms with E-state index in [-0.39, 0.29) is 29.2 Å². The molecule has 2 aromatic carbocycles. The van der Waals surface area contributed by atoms with Crippen LogP contribution in [-0.2, 0) is 14.8 Å². The Morgan fingerprint density at radius 3 is 2.29 bits per heavy atom. The summed E-state index contributed by atoms with van der Waals surface area (Å²) in [6.07, 6.45) is 0.196. The molecule has 2 amide bonds. The van der Waals surface area contributed by atoms with Crippen LogP contribution in [0.1, 0.15) is 16.8 Å². The topological polar surface area (TPSA) is 86.8 Å². The van der Waals surface area contributed by atoms with Crippen LogP contribution in [0.5, 0.6) is 0 Å². The smallest absolute Gasteiger partial charge is 0.251 e. The fourth-order valence-corrected chi connectivity index (χ4v) is 3.96. The number of benzene rings is 2. The summed E-state index contributed by atoms with van der Waals surface area (Å²) in [5.74, 6) is -0.440. The molecule has 1 N–H and O–H groups in total. The zero-order valence-electron chi connectivity index (χ0n) is 15.4. The van der Waals surface area contributed by atoms with Crippen molar-refractivity contribution in [2.75, 3.05) is 25.5 Å². The first-order chi connectivity index (χ1) is 13.2. The molecule has 0 radical (unpaired) electrons. The lowest BCUT2D eigenvalue weighted by Crippen LogP contribution is -2.37. The summed E-state index contributed by atoms with van der Waals surface area (Å²) in [5.41, 5.74) is 1.06. The zero-order chi connectivity index (χ0) is 20.5. The minimum absolute atomic E-state index is 0.0833. The first-order valence-electron chi connectivity index (χ1n) is 8.58. The monoisotopic (exact) mass is 421 g/mol. The lowest BCUT2D eigenvalue weighted by Gasteiger charge is -2.17. The molecule has 0 saturated carbocycles. The molecule has 0 spiro atoms. The Morgan fingerprint density at radius 1 is 1.11 bits per heavy atom. The van der Waals surface area contributed by atoms with Crippen molar-refractivity contribution >= 4 is 39.1 Å². The van der Waals surface area contributed by atoms with Gasteiger partial charge in [-0.1, -0.05) is 11.6 Å². The van der Waals surface area contributed by atoms with Crippen LogP contribution in [0.4, 0.5) is 5.69 Å². The van der Waals surface area contributed by atoms with Gasteiger partial charge in [-0.15, -0.1) is 0 Å². The Morgan fingerprint density at radius 2 is 1.71 bits per heavy atom. The number of nitrogens with zero attached hydrogens (tertiary/aromatic N) is 2. The summed E-state index contributed by atoms with van der Waals surface area (Å²) in [4.78, 5) is 26.5. The molecule has 0 unspecified atom stereocenters. The van der Waals surface area contributed by atoms with Gasteiger partial charge in [0.25, 0.3) is 5.91 Å². The Balaban J connectivity index is 1.67. The SMILES string of the molecule is CN(C)S(=O)(=O)c1ccc(C(=O)N[C@@H]2CC(=O)N(c3ccc(Cl)cc3)C2)cc1. The molecular weight excluding hydrogens is 402 g/mol. The average molecular weight is 422 g/mol. The Bertz CT molecular complexity index is 989. The second-order valence-corrected chi connectivity index (χ2v) is 9.26. The molecule has 0 aliphatic carbocycles. The van der Waals surface area contributed by atoms with E-state index >= 15 is 0 Å². The average Bonchev–Trinajstić information content (AvgIpc) is 3.02. The van der Waals surface area contributed by atoms with E-state index in [0.717, 1.165) is 9.99 Å². The van der Waals surface area contributed by atoms with Crippen molar-refractivity contribution in [1.82, 2.24) is 9.62 Å². The predicted octanol–water partition coefficient (Wildman–Crippen LogP) is 2.13. The fourth-order valence-electron chi connectivity index (χ4n) is 2.93. The molecule has 9 heteroatoms. The third kappa shape index (κ3) is 4.19. The maximum atomic E-state index is 12.5. The van der Waals surface area contributed by atoms with E-state index in [1.807, 2.05) is 0 Å². The van der Waals surface area contributed by atoms with E-state index in [1.54, 1.807) is 29.2 Å². The normalized spacial score (nSPS) is 17.2. The summed E-state index contributed by atoms with van der Waals surface area (Å²) in [7, 11) is -0.661. The number of hydrogen-bond acceptors (Lipinski definition) is 4. The quantitative estimate of drug-likeness (QED) is 0.801. The molecule has 3 rings (SSSR count). The number of rotatable bonds is 5. The van der Waals surface area contributed by atoms with Crippen LogP contribution in [0.2, 0.25) is 5.02 Å². The van der Waals surface area contributed by atoms with Crippen molar-refractivity contribution in [3.05, 3.63) is 59.1 Å². The lowest BCUT2D eigenvalue weighted by atomic mass is 10.2. The second kappa shape index (κ2) is 7.90. The summed E-state index contributed by atoms with van der Waals surface area (Å²) in [6.45, 7) is 0.360.